The summed E-state index contributed by atoms with van der Waals surface area (Å²) in [7, 11) is 0.385. The SMILES string of the molecule is COc1ccc(Cl)cc1Nc1nncc(N(C)C2CCS(=O)(=O)C2)n1. The molecule has 1 unspecified atom stereocenters. The van der Waals surface area contributed by atoms with Crippen molar-refractivity contribution >= 4 is 38.9 Å². The van der Waals surface area contributed by atoms with Gasteiger partial charge in [-0.15, -0.1) is 5.10 Å². The largest absolute Gasteiger partial charge is 0.495 e. The molecule has 0 saturated carbocycles. The fourth-order valence-corrected chi connectivity index (χ4v) is 4.63. The number of nitrogens with one attached hydrogen (secondary N) is 1. The second kappa shape index (κ2) is 7.01. The molecule has 1 fully saturated rings. The van der Waals surface area contributed by atoms with Crippen molar-refractivity contribution < 1.29 is 13.2 Å². The van der Waals surface area contributed by atoms with Crippen molar-refractivity contribution in [3.63, 3.8) is 0 Å². The number of hydrogen-bond acceptors (Lipinski definition) is 8. The van der Waals surface area contributed by atoms with E-state index in [1.165, 1.54) is 6.20 Å². The second-order valence-corrected chi connectivity index (χ2v) is 8.44. The van der Waals surface area contributed by atoms with Crippen molar-refractivity contribution in [2.75, 3.05) is 35.9 Å². The van der Waals surface area contributed by atoms with Crippen LogP contribution in [0.3, 0.4) is 0 Å². The fraction of sp³-hybridized carbons (Fsp3) is 0.400. The van der Waals surface area contributed by atoms with Crippen LogP contribution in [0, 0.1) is 0 Å². The Balaban J connectivity index is 1.81. The van der Waals surface area contributed by atoms with Gasteiger partial charge in [-0.25, -0.2) is 8.42 Å². The molecule has 1 aliphatic heterocycles. The minimum absolute atomic E-state index is 0.116. The maximum atomic E-state index is 11.7. The highest BCUT2D eigenvalue weighted by atomic mass is 35.5. The van der Waals surface area contributed by atoms with Crippen LogP contribution in [0.25, 0.3) is 0 Å². The Morgan fingerprint density at radius 2 is 2.20 bits per heavy atom. The third kappa shape index (κ3) is 4.10. The Bertz CT molecular complexity index is 877. The fourth-order valence-electron chi connectivity index (χ4n) is 2.68. The molecule has 2 heterocycles. The Morgan fingerprint density at radius 3 is 2.88 bits per heavy atom. The Morgan fingerprint density at radius 1 is 1.40 bits per heavy atom. The highest BCUT2D eigenvalue weighted by molar-refractivity contribution is 7.91. The molecule has 1 aliphatic rings. The van der Waals surface area contributed by atoms with Crippen LogP contribution in [0.1, 0.15) is 6.42 Å². The van der Waals surface area contributed by atoms with E-state index in [4.69, 9.17) is 16.3 Å². The van der Waals surface area contributed by atoms with Gasteiger partial charge in [0.05, 0.1) is 30.5 Å². The lowest BCUT2D eigenvalue weighted by Crippen LogP contribution is -2.33. The third-order valence-corrected chi connectivity index (χ3v) is 6.06. The second-order valence-electron chi connectivity index (χ2n) is 5.78. The van der Waals surface area contributed by atoms with Crippen molar-refractivity contribution in [3.05, 3.63) is 29.4 Å². The van der Waals surface area contributed by atoms with Gasteiger partial charge in [-0.3, -0.25) is 0 Å². The normalized spacial score (nSPS) is 18.8. The Kier molecular flexibility index (Phi) is 4.96. The van der Waals surface area contributed by atoms with Gasteiger partial charge in [0.15, 0.2) is 15.7 Å². The van der Waals surface area contributed by atoms with Gasteiger partial charge in [0.2, 0.25) is 5.95 Å². The highest BCUT2D eigenvalue weighted by Gasteiger charge is 2.31. The lowest BCUT2D eigenvalue weighted by molar-refractivity contribution is 0.417. The smallest absolute Gasteiger partial charge is 0.249 e. The van der Waals surface area contributed by atoms with Gasteiger partial charge < -0.3 is 15.0 Å². The summed E-state index contributed by atoms with van der Waals surface area (Å²) in [5.41, 5.74) is 0.611. The van der Waals surface area contributed by atoms with Crippen molar-refractivity contribution in [1.82, 2.24) is 15.2 Å². The van der Waals surface area contributed by atoms with Gasteiger partial charge in [-0.05, 0) is 24.6 Å². The van der Waals surface area contributed by atoms with Crippen molar-refractivity contribution in [3.8, 4) is 5.75 Å². The van der Waals surface area contributed by atoms with E-state index in [9.17, 15) is 8.42 Å². The summed E-state index contributed by atoms with van der Waals surface area (Å²) in [6, 6.07) is 5.03. The van der Waals surface area contributed by atoms with Gasteiger partial charge in [-0.2, -0.15) is 10.1 Å². The van der Waals surface area contributed by atoms with Crippen LogP contribution in [-0.2, 0) is 9.84 Å². The zero-order chi connectivity index (χ0) is 18.0. The van der Waals surface area contributed by atoms with Crippen molar-refractivity contribution in [2.24, 2.45) is 0 Å². The average Bonchev–Trinajstić information content (AvgIpc) is 2.95. The number of sulfone groups is 1. The first kappa shape index (κ1) is 17.7. The molecule has 8 nitrogen and oxygen atoms in total. The summed E-state index contributed by atoms with van der Waals surface area (Å²) < 4.78 is 28.6. The highest BCUT2D eigenvalue weighted by Crippen LogP contribution is 2.30. The maximum Gasteiger partial charge on any atom is 0.249 e. The summed E-state index contributed by atoms with van der Waals surface area (Å²) in [5, 5.41) is 11.5. The Labute approximate surface area is 151 Å². The van der Waals surface area contributed by atoms with Gasteiger partial charge in [-0.1, -0.05) is 11.6 Å². The van der Waals surface area contributed by atoms with Crippen molar-refractivity contribution in [2.45, 2.75) is 12.5 Å². The predicted molar refractivity (Wildman–Crippen MR) is 96.6 cm³/mol. The number of nitrogens with zero attached hydrogens (tertiary/aromatic N) is 4. The van der Waals surface area contributed by atoms with E-state index < -0.39 is 9.84 Å². The molecule has 1 aromatic carbocycles. The number of aromatic nitrogens is 3. The summed E-state index contributed by atoms with van der Waals surface area (Å²) in [4.78, 5) is 6.23. The van der Waals surface area contributed by atoms with Crippen molar-refractivity contribution in [1.29, 1.82) is 0 Å². The molecule has 1 aromatic heterocycles. The number of halogens is 1. The lowest BCUT2D eigenvalue weighted by Gasteiger charge is -2.24. The Hall–Kier alpha value is -2.13. The monoisotopic (exact) mass is 383 g/mol. The van der Waals surface area contributed by atoms with Crippen LogP contribution in [0.2, 0.25) is 5.02 Å². The van der Waals surface area contributed by atoms with Crippen LogP contribution in [0.4, 0.5) is 17.5 Å². The van der Waals surface area contributed by atoms with E-state index in [0.29, 0.717) is 28.7 Å². The van der Waals surface area contributed by atoms with Gasteiger partial charge in [0.25, 0.3) is 0 Å². The van der Waals surface area contributed by atoms with E-state index in [0.717, 1.165) is 0 Å². The van der Waals surface area contributed by atoms with Crippen LogP contribution in [0.15, 0.2) is 24.4 Å². The molecule has 1 saturated heterocycles. The van der Waals surface area contributed by atoms with E-state index in [1.807, 2.05) is 4.90 Å². The summed E-state index contributed by atoms with van der Waals surface area (Å²) >= 11 is 6.02. The van der Waals surface area contributed by atoms with Crippen LogP contribution in [-0.4, -0.2) is 55.3 Å². The molecule has 0 amide bonds. The van der Waals surface area contributed by atoms with E-state index in [1.54, 1.807) is 32.4 Å². The molecule has 0 bridgehead atoms. The minimum atomic E-state index is -2.97. The van der Waals surface area contributed by atoms with E-state index in [-0.39, 0.29) is 23.5 Å². The molecule has 2 aromatic rings. The van der Waals surface area contributed by atoms with E-state index in [2.05, 4.69) is 20.5 Å². The third-order valence-electron chi connectivity index (χ3n) is 4.07. The van der Waals surface area contributed by atoms with E-state index >= 15 is 0 Å². The van der Waals surface area contributed by atoms with Gasteiger partial charge in [0, 0.05) is 18.1 Å². The van der Waals surface area contributed by atoms with Crippen LogP contribution in [0.5, 0.6) is 5.75 Å². The minimum Gasteiger partial charge on any atom is -0.495 e. The molecular formula is C15H18ClN5O3S. The molecule has 10 heteroatoms. The molecule has 0 spiro atoms. The first-order valence-electron chi connectivity index (χ1n) is 7.61. The van der Waals surface area contributed by atoms with Gasteiger partial charge >= 0.3 is 0 Å². The molecule has 0 aliphatic carbocycles. The number of hydrogen-bond donors (Lipinski definition) is 1. The molecule has 134 valence electrons. The van der Waals surface area contributed by atoms with Crippen LogP contribution >= 0.6 is 11.6 Å². The molecule has 1 atom stereocenters. The summed E-state index contributed by atoms with van der Waals surface area (Å²) in [5.74, 6) is 1.73. The number of rotatable bonds is 5. The number of benzene rings is 1. The number of anilines is 3. The molecular weight excluding hydrogens is 366 g/mol. The first-order valence-corrected chi connectivity index (χ1v) is 9.81. The zero-order valence-electron chi connectivity index (χ0n) is 13.8. The van der Waals surface area contributed by atoms with Gasteiger partial charge in [0.1, 0.15) is 5.75 Å². The lowest BCUT2D eigenvalue weighted by atomic mass is 10.2. The quantitative estimate of drug-likeness (QED) is 0.836. The summed E-state index contributed by atoms with van der Waals surface area (Å²) in [6.07, 6.45) is 2.08. The molecule has 1 N–H and O–H groups in total. The molecule has 0 radical (unpaired) electrons. The number of ether oxygens (including phenoxy) is 1. The maximum absolute atomic E-state index is 11.7. The van der Waals surface area contributed by atoms with Crippen LogP contribution < -0.4 is 15.0 Å². The topological polar surface area (TPSA) is 97.3 Å². The molecule has 3 rings (SSSR count). The molecule has 25 heavy (non-hydrogen) atoms. The predicted octanol–water partition coefficient (Wildman–Crippen LogP) is 1.90. The zero-order valence-corrected chi connectivity index (χ0v) is 15.4. The standard InChI is InChI=1S/C15H18ClN5O3S/c1-21(11-5-6-25(22,23)9-11)14-8-17-20-15(19-14)18-12-7-10(16)3-4-13(12)24-2/h3-4,7-8,11H,5-6,9H2,1-2H3,(H,18,19,20). The number of methoxy groups -OCH3 is 1. The summed E-state index contributed by atoms with van der Waals surface area (Å²) in [6.45, 7) is 0. The first-order chi connectivity index (χ1) is 11.9. The average molecular weight is 384 g/mol.